The van der Waals surface area contributed by atoms with E-state index in [4.69, 9.17) is 0 Å². The summed E-state index contributed by atoms with van der Waals surface area (Å²) in [5.41, 5.74) is 2.44. The average molecular weight is 449 g/mol. The SMILES string of the molecule is O=C(CC(=O)N1CCN(Cc2ccccc2)CC1)CN1CC2CC(C1)c1cccc(=O)n1C2. The van der Waals surface area contributed by atoms with Crippen LogP contribution in [-0.2, 0) is 22.7 Å². The molecule has 7 nitrogen and oxygen atoms in total. The van der Waals surface area contributed by atoms with Crippen molar-refractivity contribution in [3.05, 3.63) is 70.1 Å². The lowest BCUT2D eigenvalue weighted by Gasteiger charge is -2.42. The van der Waals surface area contributed by atoms with Gasteiger partial charge in [0.1, 0.15) is 0 Å². The smallest absolute Gasteiger partial charge is 0.250 e. The Bertz CT molecular complexity index is 1060. The summed E-state index contributed by atoms with van der Waals surface area (Å²) in [6.45, 7) is 6.57. The number of carbonyl (C=O) groups excluding carboxylic acids is 2. The maximum Gasteiger partial charge on any atom is 0.250 e. The van der Waals surface area contributed by atoms with Gasteiger partial charge >= 0.3 is 0 Å². The van der Waals surface area contributed by atoms with Gasteiger partial charge in [0.15, 0.2) is 5.78 Å². The molecule has 3 aliphatic rings. The molecule has 2 saturated heterocycles. The molecule has 2 atom stereocenters. The van der Waals surface area contributed by atoms with Crippen molar-refractivity contribution in [2.75, 3.05) is 45.8 Å². The molecule has 2 fully saturated rings. The van der Waals surface area contributed by atoms with Gasteiger partial charge in [0.2, 0.25) is 5.91 Å². The van der Waals surface area contributed by atoms with Crippen molar-refractivity contribution in [1.29, 1.82) is 0 Å². The minimum Gasteiger partial charge on any atom is -0.340 e. The Balaban J connectivity index is 1.09. The zero-order valence-corrected chi connectivity index (χ0v) is 19.1. The Morgan fingerprint density at radius 1 is 0.848 bits per heavy atom. The summed E-state index contributed by atoms with van der Waals surface area (Å²) >= 11 is 0. The molecule has 1 aromatic heterocycles. The number of fused-ring (bicyclic) bond motifs is 4. The first kappa shape index (κ1) is 22.0. The molecule has 33 heavy (non-hydrogen) atoms. The summed E-state index contributed by atoms with van der Waals surface area (Å²) in [4.78, 5) is 44.1. The van der Waals surface area contributed by atoms with E-state index in [2.05, 4.69) is 34.1 Å². The normalized spacial score (nSPS) is 23.2. The molecular formula is C26H32N4O3. The Kier molecular flexibility index (Phi) is 6.42. The third kappa shape index (κ3) is 5.09. The van der Waals surface area contributed by atoms with Crippen molar-refractivity contribution in [3.63, 3.8) is 0 Å². The van der Waals surface area contributed by atoms with Crippen LogP contribution in [0.1, 0.15) is 30.0 Å². The molecule has 1 amide bonds. The van der Waals surface area contributed by atoms with Crippen LogP contribution in [0.4, 0.5) is 0 Å². The highest BCUT2D eigenvalue weighted by atomic mass is 16.2. The maximum atomic E-state index is 12.7. The number of likely N-dealkylation sites (tertiary alicyclic amines) is 1. The number of carbonyl (C=O) groups is 2. The molecule has 2 aromatic rings. The van der Waals surface area contributed by atoms with Gasteiger partial charge in [0.05, 0.1) is 13.0 Å². The second-order valence-corrected chi connectivity index (χ2v) is 9.75. The van der Waals surface area contributed by atoms with E-state index in [9.17, 15) is 14.4 Å². The van der Waals surface area contributed by atoms with Crippen LogP contribution in [0, 0.1) is 5.92 Å². The first-order valence-corrected chi connectivity index (χ1v) is 12.0. The number of piperazine rings is 1. The number of pyridine rings is 1. The number of hydrogen-bond acceptors (Lipinski definition) is 5. The zero-order chi connectivity index (χ0) is 22.8. The molecule has 0 spiro atoms. The van der Waals surface area contributed by atoms with E-state index in [0.29, 0.717) is 25.6 Å². The molecule has 4 heterocycles. The highest BCUT2D eigenvalue weighted by Gasteiger charge is 2.35. The maximum absolute atomic E-state index is 12.7. The molecule has 0 aliphatic carbocycles. The van der Waals surface area contributed by atoms with E-state index in [1.807, 2.05) is 27.7 Å². The van der Waals surface area contributed by atoms with Crippen LogP contribution in [0.15, 0.2) is 53.3 Å². The van der Waals surface area contributed by atoms with Gasteiger partial charge in [-0.2, -0.15) is 0 Å². The van der Waals surface area contributed by atoms with Crippen molar-refractivity contribution in [2.45, 2.75) is 31.8 Å². The molecule has 0 N–H and O–H groups in total. The minimum atomic E-state index is -0.0477. The largest absolute Gasteiger partial charge is 0.340 e. The van der Waals surface area contributed by atoms with Crippen LogP contribution < -0.4 is 5.56 Å². The molecule has 5 rings (SSSR count). The minimum absolute atomic E-state index is 0.00265. The zero-order valence-electron chi connectivity index (χ0n) is 19.1. The average Bonchev–Trinajstić information content (AvgIpc) is 2.81. The van der Waals surface area contributed by atoms with Gasteiger partial charge in [0, 0.05) is 70.0 Å². The lowest BCUT2D eigenvalue weighted by atomic mass is 9.83. The number of aromatic nitrogens is 1. The van der Waals surface area contributed by atoms with Gasteiger partial charge in [0.25, 0.3) is 5.56 Å². The number of rotatable bonds is 6. The number of benzene rings is 1. The molecule has 2 bridgehead atoms. The number of ketones is 1. The first-order chi connectivity index (χ1) is 16.0. The Hall–Kier alpha value is -2.77. The first-order valence-electron chi connectivity index (χ1n) is 12.0. The topological polar surface area (TPSA) is 65.9 Å². The molecule has 3 aliphatic heterocycles. The van der Waals surface area contributed by atoms with Crippen LogP contribution >= 0.6 is 0 Å². The van der Waals surface area contributed by atoms with Crippen LogP contribution in [0.2, 0.25) is 0 Å². The lowest BCUT2D eigenvalue weighted by molar-refractivity contribution is -0.137. The predicted molar refractivity (Wildman–Crippen MR) is 126 cm³/mol. The Labute approximate surface area is 194 Å². The Morgan fingerprint density at radius 2 is 1.64 bits per heavy atom. The summed E-state index contributed by atoms with van der Waals surface area (Å²) in [6, 6.07) is 15.9. The number of hydrogen-bond donors (Lipinski definition) is 0. The molecule has 0 radical (unpaired) electrons. The number of Topliss-reactive ketones (excluding diaryl/α,β-unsaturated/α-hetero) is 1. The van der Waals surface area contributed by atoms with E-state index in [0.717, 1.165) is 51.4 Å². The van der Waals surface area contributed by atoms with E-state index in [1.54, 1.807) is 6.07 Å². The third-order valence-corrected chi connectivity index (χ3v) is 7.28. The number of piperidine rings is 1. The van der Waals surface area contributed by atoms with Gasteiger partial charge in [-0.1, -0.05) is 36.4 Å². The predicted octanol–water partition coefficient (Wildman–Crippen LogP) is 1.57. The molecule has 1 aromatic carbocycles. The van der Waals surface area contributed by atoms with Crippen LogP contribution in [0.25, 0.3) is 0 Å². The highest BCUT2D eigenvalue weighted by Crippen LogP contribution is 2.34. The lowest BCUT2D eigenvalue weighted by Crippen LogP contribution is -2.50. The monoisotopic (exact) mass is 448 g/mol. The second-order valence-electron chi connectivity index (χ2n) is 9.75. The fourth-order valence-electron chi connectivity index (χ4n) is 5.71. The van der Waals surface area contributed by atoms with Crippen LogP contribution in [0.5, 0.6) is 0 Å². The van der Waals surface area contributed by atoms with Gasteiger partial charge in [-0.25, -0.2) is 0 Å². The van der Waals surface area contributed by atoms with E-state index in [-0.39, 0.29) is 29.6 Å². The summed E-state index contributed by atoms with van der Waals surface area (Å²) in [5, 5.41) is 0. The van der Waals surface area contributed by atoms with Gasteiger partial charge in [-0.05, 0) is 24.0 Å². The molecule has 174 valence electrons. The second kappa shape index (κ2) is 9.61. The summed E-state index contributed by atoms with van der Waals surface area (Å²) < 4.78 is 1.90. The van der Waals surface area contributed by atoms with E-state index in [1.165, 1.54) is 5.56 Å². The third-order valence-electron chi connectivity index (χ3n) is 7.28. The number of amides is 1. The van der Waals surface area contributed by atoms with Crippen molar-refractivity contribution >= 4 is 11.7 Å². The van der Waals surface area contributed by atoms with Gasteiger partial charge in [-0.3, -0.25) is 24.2 Å². The summed E-state index contributed by atoms with van der Waals surface area (Å²) in [7, 11) is 0. The highest BCUT2D eigenvalue weighted by molar-refractivity contribution is 5.99. The fourth-order valence-corrected chi connectivity index (χ4v) is 5.71. The Morgan fingerprint density at radius 3 is 2.42 bits per heavy atom. The van der Waals surface area contributed by atoms with Crippen molar-refractivity contribution < 1.29 is 9.59 Å². The van der Waals surface area contributed by atoms with Crippen molar-refractivity contribution in [2.24, 2.45) is 5.92 Å². The molecule has 2 unspecified atom stereocenters. The molecule has 7 heteroatoms. The quantitative estimate of drug-likeness (QED) is 0.628. The standard InChI is InChI=1S/C26H32N4O3/c31-23(14-26(33)29-11-9-27(10-12-29)15-20-5-2-1-3-6-20)19-28-16-21-13-22(18-28)24-7-4-8-25(32)30(24)17-21/h1-8,21-22H,9-19H2. The molecule has 0 saturated carbocycles. The van der Waals surface area contributed by atoms with Crippen molar-refractivity contribution in [1.82, 2.24) is 19.3 Å². The van der Waals surface area contributed by atoms with Crippen molar-refractivity contribution in [3.8, 4) is 0 Å². The van der Waals surface area contributed by atoms with Gasteiger partial charge in [-0.15, -0.1) is 0 Å². The van der Waals surface area contributed by atoms with Crippen LogP contribution in [0.3, 0.4) is 0 Å². The summed E-state index contributed by atoms with van der Waals surface area (Å²) in [6.07, 6.45) is 1.06. The van der Waals surface area contributed by atoms with Crippen LogP contribution in [-0.4, -0.2) is 76.8 Å². The van der Waals surface area contributed by atoms with E-state index >= 15 is 0 Å². The fraction of sp³-hybridized carbons (Fsp3) is 0.500. The summed E-state index contributed by atoms with van der Waals surface area (Å²) in [5.74, 6) is 0.621. The number of nitrogens with zero attached hydrogens (tertiary/aromatic N) is 4. The molecular weight excluding hydrogens is 416 g/mol. The van der Waals surface area contributed by atoms with Gasteiger partial charge < -0.3 is 9.47 Å². The van der Waals surface area contributed by atoms with E-state index < -0.39 is 0 Å².